The molecule has 0 fully saturated rings. The van der Waals surface area contributed by atoms with Crippen molar-refractivity contribution in [3.63, 3.8) is 0 Å². The fourth-order valence-corrected chi connectivity index (χ4v) is 2.72. The number of thiazole rings is 1. The number of nitro benzene ring substituents is 1. The summed E-state index contributed by atoms with van der Waals surface area (Å²) in [5.41, 5.74) is 2.46. The van der Waals surface area contributed by atoms with Gasteiger partial charge in [-0.2, -0.15) is 0 Å². The van der Waals surface area contributed by atoms with Gasteiger partial charge in [-0.15, -0.1) is 11.3 Å². The highest BCUT2D eigenvalue weighted by molar-refractivity contribution is 7.13. The number of nitrogens with zero attached hydrogens (tertiary/aromatic N) is 2. The molecule has 1 aromatic heterocycles. The number of halogens is 1. The Balaban J connectivity index is 1.90. The van der Waals surface area contributed by atoms with Crippen molar-refractivity contribution in [2.45, 2.75) is 0 Å². The van der Waals surface area contributed by atoms with E-state index in [1.54, 1.807) is 24.3 Å². The molecule has 0 amide bonds. The summed E-state index contributed by atoms with van der Waals surface area (Å²) in [6, 6.07) is 12.4. The molecule has 0 bridgehead atoms. The molecule has 3 rings (SSSR count). The van der Waals surface area contributed by atoms with Gasteiger partial charge in [-0.05, 0) is 36.4 Å². The molecule has 0 atom stereocenters. The molecular formula is C15H9FN2O2S. The average molecular weight is 300 g/mol. The van der Waals surface area contributed by atoms with Gasteiger partial charge in [0.25, 0.3) is 5.69 Å². The number of non-ortho nitro benzene ring substituents is 1. The van der Waals surface area contributed by atoms with Crippen LogP contribution in [0.3, 0.4) is 0 Å². The summed E-state index contributed by atoms with van der Waals surface area (Å²) in [7, 11) is 0. The van der Waals surface area contributed by atoms with Gasteiger partial charge in [0.2, 0.25) is 0 Å². The molecule has 0 spiro atoms. The predicted molar refractivity (Wildman–Crippen MR) is 79.6 cm³/mol. The van der Waals surface area contributed by atoms with Crippen LogP contribution in [0.4, 0.5) is 10.1 Å². The second kappa shape index (κ2) is 5.41. The second-order valence-electron chi connectivity index (χ2n) is 4.35. The molecule has 0 aliphatic heterocycles. The molecule has 0 saturated carbocycles. The van der Waals surface area contributed by atoms with Gasteiger partial charge < -0.3 is 0 Å². The van der Waals surface area contributed by atoms with Gasteiger partial charge >= 0.3 is 0 Å². The number of nitro groups is 1. The minimum atomic E-state index is -0.435. The summed E-state index contributed by atoms with van der Waals surface area (Å²) in [5, 5.41) is 13.3. The zero-order valence-electron chi connectivity index (χ0n) is 10.7. The zero-order valence-corrected chi connectivity index (χ0v) is 11.5. The molecular weight excluding hydrogens is 291 g/mol. The number of rotatable bonds is 3. The Morgan fingerprint density at radius 3 is 2.24 bits per heavy atom. The topological polar surface area (TPSA) is 56.0 Å². The minimum absolute atomic E-state index is 0.0501. The Kier molecular flexibility index (Phi) is 3.45. The van der Waals surface area contributed by atoms with Crippen LogP contribution in [0.25, 0.3) is 21.8 Å². The Hall–Kier alpha value is -2.60. The molecule has 21 heavy (non-hydrogen) atoms. The van der Waals surface area contributed by atoms with Crippen molar-refractivity contribution < 1.29 is 9.31 Å². The van der Waals surface area contributed by atoms with Crippen LogP contribution in [0.5, 0.6) is 0 Å². The first-order valence-electron chi connectivity index (χ1n) is 6.10. The first-order chi connectivity index (χ1) is 10.1. The van der Waals surface area contributed by atoms with Gasteiger partial charge in [-0.25, -0.2) is 9.37 Å². The van der Waals surface area contributed by atoms with Crippen molar-refractivity contribution >= 4 is 17.0 Å². The van der Waals surface area contributed by atoms with Crippen LogP contribution in [0.2, 0.25) is 0 Å². The third-order valence-corrected chi connectivity index (χ3v) is 3.86. The lowest BCUT2D eigenvalue weighted by Gasteiger charge is -1.97. The summed E-state index contributed by atoms with van der Waals surface area (Å²) >= 11 is 1.44. The Bertz CT molecular complexity index is 782. The highest BCUT2D eigenvalue weighted by atomic mass is 32.1. The molecule has 0 N–H and O–H groups in total. The average Bonchev–Trinajstić information content (AvgIpc) is 2.98. The van der Waals surface area contributed by atoms with E-state index in [1.165, 1.54) is 35.6 Å². The van der Waals surface area contributed by atoms with Crippen molar-refractivity contribution in [1.29, 1.82) is 0 Å². The van der Waals surface area contributed by atoms with Crippen molar-refractivity contribution in [3.8, 4) is 21.8 Å². The fourth-order valence-electron chi connectivity index (χ4n) is 1.89. The normalized spacial score (nSPS) is 10.5. The molecule has 104 valence electrons. The van der Waals surface area contributed by atoms with Gasteiger partial charge in [-0.3, -0.25) is 10.1 Å². The maximum atomic E-state index is 12.9. The van der Waals surface area contributed by atoms with Crippen molar-refractivity contribution in [1.82, 2.24) is 4.98 Å². The number of aromatic nitrogens is 1. The van der Waals surface area contributed by atoms with Crippen LogP contribution >= 0.6 is 11.3 Å². The molecule has 3 aromatic rings. The van der Waals surface area contributed by atoms with E-state index in [0.717, 1.165) is 21.8 Å². The van der Waals surface area contributed by atoms with E-state index >= 15 is 0 Å². The lowest BCUT2D eigenvalue weighted by atomic mass is 10.2. The van der Waals surface area contributed by atoms with Gasteiger partial charge in [0.15, 0.2) is 0 Å². The molecule has 0 saturated heterocycles. The first-order valence-corrected chi connectivity index (χ1v) is 6.98. The third kappa shape index (κ3) is 2.80. The second-order valence-corrected chi connectivity index (χ2v) is 5.21. The Morgan fingerprint density at radius 1 is 1.00 bits per heavy atom. The summed E-state index contributed by atoms with van der Waals surface area (Å²) in [4.78, 5) is 14.7. The highest BCUT2D eigenvalue weighted by Gasteiger charge is 2.09. The van der Waals surface area contributed by atoms with E-state index in [9.17, 15) is 14.5 Å². The highest BCUT2D eigenvalue weighted by Crippen LogP contribution is 2.29. The van der Waals surface area contributed by atoms with Crippen LogP contribution in [-0.2, 0) is 0 Å². The lowest BCUT2D eigenvalue weighted by Crippen LogP contribution is -1.87. The van der Waals surface area contributed by atoms with Crippen LogP contribution in [0.15, 0.2) is 53.9 Å². The Morgan fingerprint density at radius 2 is 1.62 bits per heavy atom. The predicted octanol–water partition coefficient (Wildman–Crippen LogP) is 4.52. The zero-order chi connectivity index (χ0) is 14.8. The summed E-state index contributed by atoms with van der Waals surface area (Å²) in [6.45, 7) is 0. The smallest absolute Gasteiger partial charge is 0.258 e. The monoisotopic (exact) mass is 300 g/mol. The molecule has 0 unspecified atom stereocenters. The van der Waals surface area contributed by atoms with E-state index in [4.69, 9.17) is 0 Å². The molecule has 1 heterocycles. The van der Waals surface area contributed by atoms with Crippen molar-refractivity contribution in [3.05, 3.63) is 69.8 Å². The van der Waals surface area contributed by atoms with Crippen molar-refractivity contribution in [2.75, 3.05) is 0 Å². The fraction of sp³-hybridized carbons (Fsp3) is 0. The third-order valence-electron chi connectivity index (χ3n) is 2.97. The largest absolute Gasteiger partial charge is 0.269 e. The summed E-state index contributed by atoms with van der Waals surface area (Å²) < 4.78 is 12.9. The van der Waals surface area contributed by atoms with E-state index < -0.39 is 4.92 Å². The standard InChI is InChI=1S/C15H9FN2O2S/c16-12-5-1-10(2-6-12)14-9-21-15(17-14)11-3-7-13(8-4-11)18(19)20/h1-9H. The van der Waals surface area contributed by atoms with E-state index in [0.29, 0.717) is 0 Å². The maximum absolute atomic E-state index is 12.9. The van der Waals surface area contributed by atoms with Crippen LogP contribution in [0, 0.1) is 15.9 Å². The molecule has 6 heteroatoms. The molecule has 2 aromatic carbocycles. The SMILES string of the molecule is O=[N+]([O-])c1ccc(-c2nc(-c3ccc(F)cc3)cs2)cc1. The molecule has 4 nitrogen and oxygen atoms in total. The van der Waals surface area contributed by atoms with Crippen LogP contribution < -0.4 is 0 Å². The van der Waals surface area contributed by atoms with Crippen LogP contribution in [-0.4, -0.2) is 9.91 Å². The van der Waals surface area contributed by atoms with E-state index in [1.807, 2.05) is 5.38 Å². The van der Waals surface area contributed by atoms with E-state index in [-0.39, 0.29) is 11.5 Å². The summed E-state index contributed by atoms with van der Waals surface area (Å²) in [6.07, 6.45) is 0. The summed E-state index contributed by atoms with van der Waals surface area (Å²) in [5.74, 6) is -0.287. The minimum Gasteiger partial charge on any atom is -0.258 e. The van der Waals surface area contributed by atoms with E-state index in [2.05, 4.69) is 4.98 Å². The van der Waals surface area contributed by atoms with Crippen LogP contribution in [0.1, 0.15) is 0 Å². The van der Waals surface area contributed by atoms with Gasteiger partial charge in [0.1, 0.15) is 10.8 Å². The molecule has 0 aliphatic rings. The Labute approximate surface area is 123 Å². The molecule has 0 radical (unpaired) electrons. The maximum Gasteiger partial charge on any atom is 0.269 e. The number of hydrogen-bond acceptors (Lipinski definition) is 4. The molecule has 0 aliphatic carbocycles. The quantitative estimate of drug-likeness (QED) is 0.527. The number of benzene rings is 2. The van der Waals surface area contributed by atoms with Gasteiger partial charge in [0, 0.05) is 28.6 Å². The first kappa shape index (κ1) is 13.4. The lowest BCUT2D eigenvalue weighted by molar-refractivity contribution is -0.384. The van der Waals surface area contributed by atoms with Gasteiger partial charge in [-0.1, -0.05) is 0 Å². The van der Waals surface area contributed by atoms with Crippen molar-refractivity contribution in [2.24, 2.45) is 0 Å². The van der Waals surface area contributed by atoms with Gasteiger partial charge in [0.05, 0.1) is 10.6 Å². The number of hydrogen-bond donors (Lipinski definition) is 0.